The van der Waals surface area contributed by atoms with E-state index in [1.165, 1.54) is 0 Å². The number of carbonyl (C=O) groups excluding carboxylic acids is 1. The molecule has 0 aliphatic carbocycles. The highest BCUT2D eigenvalue weighted by molar-refractivity contribution is 8.00. The normalized spacial score (nSPS) is 12.2. The number of rotatable bonds is 6. The molecule has 1 atom stereocenters. The average molecular weight is 325 g/mol. The first kappa shape index (κ1) is 15.6. The van der Waals surface area contributed by atoms with Gasteiger partial charge in [-0.1, -0.05) is 30.3 Å². The Balaban J connectivity index is 1.48. The van der Waals surface area contributed by atoms with Gasteiger partial charge in [0.25, 0.3) is 0 Å². The van der Waals surface area contributed by atoms with Crippen molar-refractivity contribution < 1.29 is 4.79 Å². The summed E-state index contributed by atoms with van der Waals surface area (Å²) < 4.78 is 0. The van der Waals surface area contributed by atoms with E-state index in [1.54, 1.807) is 11.8 Å². The van der Waals surface area contributed by atoms with Gasteiger partial charge in [0.2, 0.25) is 5.91 Å². The van der Waals surface area contributed by atoms with Gasteiger partial charge in [0.05, 0.1) is 16.3 Å². The maximum atomic E-state index is 12.1. The number of aromatic amines is 1. The molecule has 0 fully saturated rings. The van der Waals surface area contributed by atoms with Crippen LogP contribution in [-0.2, 0) is 11.2 Å². The number of aromatic nitrogens is 2. The highest BCUT2D eigenvalue weighted by Crippen LogP contribution is 2.22. The molecule has 2 aromatic carbocycles. The summed E-state index contributed by atoms with van der Waals surface area (Å²) in [7, 11) is 0. The predicted molar refractivity (Wildman–Crippen MR) is 94.6 cm³/mol. The summed E-state index contributed by atoms with van der Waals surface area (Å²) in [5, 5.41) is 2.86. The van der Waals surface area contributed by atoms with E-state index in [0.717, 1.165) is 21.8 Å². The fraction of sp³-hybridized carbons (Fsp3) is 0.222. The third-order valence-corrected chi connectivity index (χ3v) is 4.64. The zero-order chi connectivity index (χ0) is 16.1. The van der Waals surface area contributed by atoms with E-state index in [4.69, 9.17) is 0 Å². The Bertz CT molecular complexity index is 752. The Hall–Kier alpha value is -2.27. The number of thioether (sulfide) groups is 1. The van der Waals surface area contributed by atoms with Crippen LogP contribution in [0.1, 0.15) is 12.7 Å². The van der Waals surface area contributed by atoms with Crippen LogP contribution in [0.3, 0.4) is 0 Å². The zero-order valence-electron chi connectivity index (χ0n) is 13.0. The van der Waals surface area contributed by atoms with Gasteiger partial charge in [0.15, 0.2) is 0 Å². The molecule has 1 amide bonds. The van der Waals surface area contributed by atoms with Crippen LogP contribution in [0.2, 0.25) is 0 Å². The molecule has 3 aromatic rings. The molecule has 3 rings (SSSR count). The molecule has 23 heavy (non-hydrogen) atoms. The standard InChI is InChI=1S/C18H19N3OS/c1-13(23-14-7-3-2-4-8-14)18(22)19-12-11-17-20-15-9-5-6-10-16(15)21-17/h2-10,13H,11-12H2,1H3,(H,19,22)(H,20,21). The van der Waals surface area contributed by atoms with Gasteiger partial charge in [-0.25, -0.2) is 4.98 Å². The number of H-pyrrole nitrogens is 1. The molecule has 5 heteroatoms. The maximum absolute atomic E-state index is 12.1. The van der Waals surface area contributed by atoms with Crippen molar-refractivity contribution in [1.82, 2.24) is 15.3 Å². The number of nitrogens with one attached hydrogen (secondary N) is 2. The van der Waals surface area contributed by atoms with Gasteiger partial charge in [0, 0.05) is 17.9 Å². The number of hydrogen-bond acceptors (Lipinski definition) is 3. The number of carbonyl (C=O) groups is 1. The molecule has 0 aliphatic rings. The molecule has 0 radical (unpaired) electrons. The Morgan fingerprint density at radius 3 is 2.70 bits per heavy atom. The van der Waals surface area contributed by atoms with E-state index in [1.807, 2.05) is 61.5 Å². The highest BCUT2D eigenvalue weighted by Gasteiger charge is 2.13. The van der Waals surface area contributed by atoms with Crippen LogP contribution >= 0.6 is 11.8 Å². The topological polar surface area (TPSA) is 57.8 Å². The van der Waals surface area contributed by atoms with Crippen molar-refractivity contribution >= 4 is 28.7 Å². The van der Waals surface area contributed by atoms with Crippen LogP contribution in [-0.4, -0.2) is 27.7 Å². The van der Waals surface area contributed by atoms with Crippen molar-refractivity contribution in [3.8, 4) is 0 Å². The minimum Gasteiger partial charge on any atom is -0.355 e. The lowest BCUT2D eigenvalue weighted by molar-refractivity contribution is -0.120. The summed E-state index contributed by atoms with van der Waals surface area (Å²) in [5.41, 5.74) is 1.99. The molecular formula is C18H19N3OS. The number of fused-ring (bicyclic) bond motifs is 1. The zero-order valence-corrected chi connectivity index (χ0v) is 13.8. The lowest BCUT2D eigenvalue weighted by Crippen LogP contribution is -2.32. The molecule has 1 unspecified atom stereocenters. The fourth-order valence-electron chi connectivity index (χ4n) is 2.33. The number of benzene rings is 2. The number of hydrogen-bond donors (Lipinski definition) is 2. The Kier molecular flexibility index (Phi) is 4.98. The second kappa shape index (κ2) is 7.33. The summed E-state index contributed by atoms with van der Waals surface area (Å²) in [6.07, 6.45) is 0.698. The van der Waals surface area contributed by atoms with E-state index < -0.39 is 0 Å². The summed E-state index contributed by atoms with van der Waals surface area (Å²) in [6, 6.07) is 17.9. The van der Waals surface area contributed by atoms with Crippen LogP contribution in [0.15, 0.2) is 59.5 Å². The summed E-state index contributed by atoms with van der Waals surface area (Å²) in [4.78, 5) is 21.0. The number of para-hydroxylation sites is 2. The molecule has 118 valence electrons. The van der Waals surface area contributed by atoms with Crippen LogP contribution in [0.4, 0.5) is 0 Å². The van der Waals surface area contributed by atoms with Gasteiger partial charge in [0.1, 0.15) is 5.82 Å². The largest absolute Gasteiger partial charge is 0.355 e. The molecular weight excluding hydrogens is 306 g/mol. The first-order valence-electron chi connectivity index (χ1n) is 7.65. The van der Waals surface area contributed by atoms with Gasteiger partial charge < -0.3 is 10.3 Å². The first-order chi connectivity index (χ1) is 11.2. The van der Waals surface area contributed by atoms with Crippen LogP contribution < -0.4 is 5.32 Å². The molecule has 0 spiro atoms. The van der Waals surface area contributed by atoms with Crippen molar-refractivity contribution in [2.24, 2.45) is 0 Å². The average Bonchev–Trinajstić information content (AvgIpc) is 2.98. The van der Waals surface area contributed by atoms with Gasteiger partial charge in [-0.3, -0.25) is 4.79 Å². The number of amides is 1. The van der Waals surface area contributed by atoms with Gasteiger partial charge in [-0.2, -0.15) is 0 Å². The summed E-state index contributed by atoms with van der Waals surface area (Å²) in [6.45, 7) is 2.51. The quantitative estimate of drug-likeness (QED) is 0.683. The maximum Gasteiger partial charge on any atom is 0.233 e. The van der Waals surface area contributed by atoms with E-state index in [9.17, 15) is 4.79 Å². The van der Waals surface area contributed by atoms with Crippen molar-refractivity contribution in [1.29, 1.82) is 0 Å². The minimum atomic E-state index is -0.118. The van der Waals surface area contributed by atoms with Gasteiger partial charge >= 0.3 is 0 Å². The first-order valence-corrected chi connectivity index (χ1v) is 8.53. The van der Waals surface area contributed by atoms with E-state index in [-0.39, 0.29) is 11.2 Å². The molecule has 1 aromatic heterocycles. The second-order valence-corrected chi connectivity index (χ2v) is 6.73. The number of imidazole rings is 1. The monoisotopic (exact) mass is 325 g/mol. The Morgan fingerprint density at radius 2 is 1.91 bits per heavy atom. The predicted octanol–water partition coefficient (Wildman–Crippen LogP) is 3.40. The lowest BCUT2D eigenvalue weighted by atomic mass is 10.3. The molecule has 2 N–H and O–H groups in total. The molecule has 0 aliphatic heterocycles. The van der Waals surface area contributed by atoms with Crippen molar-refractivity contribution in [2.45, 2.75) is 23.5 Å². The number of nitrogens with zero attached hydrogens (tertiary/aromatic N) is 1. The Morgan fingerprint density at radius 1 is 1.17 bits per heavy atom. The third-order valence-electron chi connectivity index (χ3n) is 3.52. The lowest BCUT2D eigenvalue weighted by Gasteiger charge is -2.11. The third kappa shape index (κ3) is 4.13. The molecule has 4 nitrogen and oxygen atoms in total. The molecule has 1 heterocycles. The molecule has 0 bridgehead atoms. The van der Waals surface area contributed by atoms with E-state index >= 15 is 0 Å². The van der Waals surface area contributed by atoms with Crippen molar-refractivity contribution in [2.75, 3.05) is 6.54 Å². The van der Waals surface area contributed by atoms with E-state index in [2.05, 4.69) is 15.3 Å². The SMILES string of the molecule is CC(Sc1ccccc1)C(=O)NCCc1nc2ccccc2[nH]1. The van der Waals surface area contributed by atoms with Gasteiger partial charge in [-0.05, 0) is 31.2 Å². The van der Waals surface area contributed by atoms with Crippen molar-refractivity contribution in [3.63, 3.8) is 0 Å². The second-order valence-electron chi connectivity index (χ2n) is 5.31. The van der Waals surface area contributed by atoms with Gasteiger partial charge in [-0.15, -0.1) is 11.8 Å². The highest BCUT2D eigenvalue weighted by atomic mass is 32.2. The smallest absolute Gasteiger partial charge is 0.233 e. The molecule has 0 saturated carbocycles. The molecule has 0 saturated heterocycles. The fourth-order valence-corrected chi connectivity index (χ4v) is 3.24. The Labute approximate surface area is 139 Å². The van der Waals surface area contributed by atoms with Crippen molar-refractivity contribution in [3.05, 3.63) is 60.4 Å². The minimum absolute atomic E-state index is 0.0509. The van der Waals surface area contributed by atoms with Crippen LogP contribution in [0, 0.1) is 0 Å². The van der Waals surface area contributed by atoms with E-state index in [0.29, 0.717) is 13.0 Å². The van der Waals surface area contributed by atoms with Crippen LogP contribution in [0.25, 0.3) is 11.0 Å². The summed E-state index contributed by atoms with van der Waals surface area (Å²) >= 11 is 1.57. The summed E-state index contributed by atoms with van der Waals surface area (Å²) in [5.74, 6) is 0.949. The van der Waals surface area contributed by atoms with Crippen LogP contribution in [0.5, 0.6) is 0 Å².